The van der Waals surface area contributed by atoms with Crippen molar-refractivity contribution in [2.24, 2.45) is 0 Å². The maximum Gasteiger partial charge on any atom is 0.218 e. The minimum atomic E-state index is -3.56. The topological polar surface area (TPSA) is 67.9 Å². The summed E-state index contributed by atoms with van der Waals surface area (Å²) >= 11 is 0. The first kappa shape index (κ1) is 22.5. The number of hydrogen-bond donors (Lipinski definition) is 1. The summed E-state index contributed by atoms with van der Waals surface area (Å²) < 4.78 is 34.7. The van der Waals surface area contributed by atoms with E-state index in [1.807, 2.05) is 84.9 Å². The standard InChI is InChI=1S/C25H28N2O4S/c1-27-25(22-12-14-23(15-13-22)30-18-21-10-6-3-7-11-21)24(19-31-27)32(28,29)26-17-16-20-8-4-2-5-9-20/h2-15,24-26H,16-19H2,1H3. The number of nitrogens with one attached hydrogen (secondary N) is 1. The van der Waals surface area contributed by atoms with Gasteiger partial charge in [-0.05, 0) is 35.2 Å². The number of hydrogen-bond acceptors (Lipinski definition) is 5. The lowest BCUT2D eigenvalue weighted by Gasteiger charge is -2.23. The third-order valence-corrected chi connectivity index (χ3v) is 7.41. The van der Waals surface area contributed by atoms with Crippen molar-refractivity contribution in [3.63, 3.8) is 0 Å². The molecule has 1 heterocycles. The zero-order valence-electron chi connectivity index (χ0n) is 18.1. The lowest BCUT2D eigenvalue weighted by Crippen LogP contribution is -2.40. The van der Waals surface area contributed by atoms with Crippen molar-refractivity contribution >= 4 is 10.0 Å². The molecule has 1 N–H and O–H groups in total. The molecule has 2 unspecified atom stereocenters. The Balaban J connectivity index is 1.39. The molecule has 7 heteroatoms. The van der Waals surface area contributed by atoms with Crippen LogP contribution in [0.25, 0.3) is 0 Å². The molecular weight excluding hydrogens is 424 g/mol. The van der Waals surface area contributed by atoms with Crippen LogP contribution < -0.4 is 9.46 Å². The largest absolute Gasteiger partial charge is 0.489 e. The van der Waals surface area contributed by atoms with Crippen molar-refractivity contribution in [1.82, 2.24) is 9.79 Å². The van der Waals surface area contributed by atoms with E-state index in [4.69, 9.17) is 9.57 Å². The summed E-state index contributed by atoms with van der Waals surface area (Å²) in [5, 5.41) is 0.931. The molecule has 4 rings (SSSR count). The predicted octanol–water partition coefficient (Wildman–Crippen LogP) is 3.71. The Morgan fingerprint density at radius 3 is 2.22 bits per heavy atom. The molecule has 0 radical (unpaired) electrons. The molecule has 0 bridgehead atoms. The zero-order valence-corrected chi connectivity index (χ0v) is 18.9. The SMILES string of the molecule is CN1OCC(S(=O)(=O)NCCc2ccccc2)C1c1ccc(OCc2ccccc2)cc1. The Morgan fingerprint density at radius 2 is 1.56 bits per heavy atom. The number of hydroxylamine groups is 2. The van der Waals surface area contributed by atoms with Crippen molar-refractivity contribution in [1.29, 1.82) is 0 Å². The van der Waals surface area contributed by atoms with E-state index in [0.717, 1.165) is 22.4 Å². The zero-order chi connectivity index (χ0) is 22.4. The van der Waals surface area contributed by atoms with Gasteiger partial charge in [0.25, 0.3) is 0 Å². The van der Waals surface area contributed by atoms with Crippen LogP contribution in [0.1, 0.15) is 22.7 Å². The minimum Gasteiger partial charge on any atom is -0.489 e. The lowest BCUT2D eigenvalue weighted by molar-refractivity contribution is -0.110. The highest BCUT2D eigenvalue weighted by Gasteiger charge is 2.43. The van der Waals surface area contributed by atoms with E-state index in [0.29, 0.717) is 19.6 Å². The van der Waals surface area contributed by atoms with Gasteiger partial charge in [0.15, 0.2) is 0 Å². The molecule has 3 aromatic rings. The Labute approximate surface area is 189 Å². The molecule has 1 aliphatic heterocycles. The first-order valence-electron chi connectivity index (χ1n) is 10.7. The smallest absolute Gasteiger partial charge is 0.218 e. The number of rotatable bonds is 9. The summed E-state index contributed by atoms with van der Waals surface area (Å²) in [6.45, 7) is 0.953. The van der Waals surface area contributed by atoms with E-state index in [-0.39, 0.29) is 6.61 Å². The average molecular weight is 453 g/mol. The van der Waals surface area contributed by atoms with Crippen LogP contribution in [0.4, 0.5) is 0 Å². The molecule has 0 saturated carbocycles. The maximum absolute atomic E-state index is 13.0. The van der Waals surface area contributed by atoms with Crippen molar-refractivity contribution < 1.29 is 18.0 Å². The number of nitrogens with zero attached hydrogens (tertiary/aromatic N) is 1. The normalized spacial score (nSPS) is 19.2. The van der Waals surface area contributed by atoms with E-state index in [1.165, 1.54) is 0 Å². The highest BCUT2D eigenvalue weighted by Crippen LogP contribution is 2.34. The molecule has 2 atom stereocenters. The van der Waals surface area contributed by atoms with Crippen molar-refractivity contribution in [3.8, 4) is 5.75 Å². The van der Waals surface area contributed by atoms with Crippen LogP contribution in [0.5, 0.6) is 5.75 Å². The van der Waals surface area contributed by atoms with E-state index in [9.17, 15) is 8.42 Å². The maximum atomic E-state index is 13.0. The number of benzene rings is 3. The summed E-state index contributed by atoms with van der Waals surface area (Å²) in [6.07, 6.45) is 0.640. The van der Waals surface area contributed by atoms with Crippen LogP contribution in [0, 0.1) is 0 Å². The van der Waals surface area contributed by atoms with Gasteiger partial charge in [0.2, 0.25) is 10.0 Å². The molecule has 168 valence electrons. The summed E-state index contributed by atoms with van der Waals surface area (Å²) in [7, 11) is -1.80. The van der Waals surface area contributed by atoms with Gasteiger partial charge >= 0.3 is 0 Å². The number of sulfonamides is 1. The second-order valence-corrected chi connectivity index (χ2v) is 9.83. The van der Waals surface area contributed by atoms with Crippen molar-refractivity contribution in [2.45, 2.75) is 24.3 Å². The molecular formula is C25H28N2O4S. The van der Waals surface area contributed by atoms with Gasteiger partial charge in [-0.15, -0.1) is 0 Å². The fourth-order valence-electron chi connectivity index (χ4n) is 3.87. The molecule has 0 aliphatic carbocycles. The van der Waals surface area contributed by atoms with Gasteiger partial charge in [-0.3, -0.25) is 4.84 Å². The van der Waals surface area contributed by atoms with E-state index in [2.05, 4.69) is 4.72 Å². The molecule has 1 aliphatic rings. The second kappa shape index (κ2) is 10.3. The van der Waals surface area contributed by atoms with Crippen LogP contribution in [-0.4, -0.2) is 38.9 Å². The first-order chi connectivity index (χ1) is 15.5. The van der Waals surface area contributed by atoms with Crippen LogP contribution in [0.2, 0.25) is 0 Å². The molecule has 1 fully saturated rings. The van der Waals surface area contributed by atoms with Gasteiger partial charge in [-0.25, -0.2) is 13.1 Å². The average Bonchev–Trinajstić information content (AvgIpc) is 3.22. The van der Waals surface area contributed by atoms with Crippen LogP contribution in [0.15, 0.2) is 84.9 Å². The Morgan fingerprint density at radius 1 is 0.938 bits per heavy atom. The van der Waals surface area contributed by atoms with Crippen molar-refractivity contribution in [2.75, 3.05) is 20.2 Å². The van der Waals surface area contributed by atoms with E-state index < -0.39 is 21.3 Å². The van der Waals surface area contributed by atoms with Gasteiger partial charge in [0.05, 0.1) is 12.6 Å². The van der Waals surface area contributed by atoms with Crippen LogP contribution >= 0.6 is 0 Å². The quantitative estimate of drug-likeness (QED) is 0.536. The summed E-state index contributed by atoms with van der Waals surface area (Å²) in [4.78, 5) is 5.60. The van der Waals surface area contributed by atoms with Crippen LogP contribution in [0.3, 0.4) is 0 Å². The Kier molecular flexibility index (Phi) is 7.22. The Hall–Kier alpha value is -2.71. The molecule has 0 spiro atoms. The monoisotopic (exact) mass is 452 g/mol. The third kappa shape index (κ3) is 5.55. The third-order valence-electron chi connectivity index (χ3n) is 5.61. The van der Waals surface area contributed by atoms with E-state index in [1.54, 1.807) is 12.1 Å². The molecule has 0 aromatic heterocycles. The second-order valence-electron chi connectivity index (χ2n) is 7.84. The fourth-order valence-corrected chi connectivity index (χ4v) is 5.38. The summed E-state index contributed by atoms with van der Waals surface area (Å²) in [5.41, 5.74) is 3.06. The molecule has 3 aromatic carbocycles. The Bertz CT molecular complexity index is 1090. The summed E-state index contributed by atoms with van der Waals surface area (Å²) in [6, 6.07) is 26.9. The van der Waals surface area contributed by atoms with Gasteiger partial charge in [-0.2, -0.15) is 5.06 Å². The minimum absolute atomic E-state index is 0.119. The molecule has 32 heavy (non-hydrogen) atoms. The highest BCUT2D eigenvalue weighted by atomic mass is 32.2. The van der Waals surface area contributed by atoms with Crippen LogP contribution in [-0.2, 0) is 27.9 Å². The van der Waals surface area contributed by atoms with Gasteiger partial charge in [-0.1, -0.05) is 72.8 Å². The van der Waals surface area contributed by atoms with Gasteiger partial charge in [0, 0.05) is 13.6 Å². The summed E-state index contributed by atoms with van der Waals surface area (Å²) in [5.74, 6) is 0.736. The molecule has 6 nitrogen and oxygen atoms in total. The lowest BCUT2D eigenvalue weighted by atomic mass is 10.0. The first-order valence-corrected chi connectivity index (χ1v) is 12.2. The predicted molar refractivity (Wildman–Crippen MR) is 125 cm³/mol. The highest BCUT2D eigenvalue weighted by molar-refractivity contribution is 7.90. The van der Waals surface area contributed by atoms with Crippen molar-refractivity contribution in [3.05, 3.63) is 102 Å². The molecule has 0 amide bonds. The fraction of sp³-hybridized carbons (Fsp3) is 0.280. The number of ether oxygens (including phenoxy) is 1. The van der Waals surface area contributed by atoms with Gasteiger partial charge < -0.3 is 4.74 Å². The van der Waals surface area contributed by atoms with Gasteiger partial charge in [0.1, 0.15) is 17.6 Å². The molecule has 1 saturated heterocycles. The van der Waals surface area contributed by atoms with E-state index >= 15 is 0 Å².